The Kier molecular flexibility index (Phi) is 13.5. The Labute approximate surface area is 358 Å². The minimum atomic E-state index is -1.36. The molecule has 0 aromatic carbocycles. The number of hydrogen-bond acceptors (Lipinski definition) is 11. The number of nitrogens with one attached hydrogen (secondary N) is 1. The van der Waals surface area contributed by atoms with Crippen molar-refractivity contribution >= 4 is 17.8 Å². The summed E-state index contributed by atoms with van der Waals surface area (Å²) >= 11 is 0. The van der Waals surface area contributed by atoms with Crippen LogP contribution in [0.15, 0.2) is 12.2 Å². The van der Waals surface area contributed by atoms with Crippen LogP contribution in [0.1, 0.15) is 154 Å². The lowest BCUT2D eigenvalue weighted by Gasteiger charge is -2.55. The molecule has 3 spiro atoms. The Bertz CT molecular complexity index is 1620. The predicted octanol–water partition coefficient (Wildman–Crippen LogP) is 7.47. The molecule has 13 nitrogen and oxygen atoms in total. The fourth-order valence-corrected chi connectivity index (χ4v) is 12.1. The zero-order valence-electron chi connectivity index (χ0n) is 38.5. The summed E-state index contributed by atoms with van der Waals surface area (Å²) in [6, 6.07) is -0.726. The summed E-state index contributed by atoms with van der Waals surface area (Å²) in [6.45, 7) is 23.4. The summed E-state index contributed by atoms with van der Waals surface area (Å²) in [5.41, 5.74) is -3.14. The van der Waals surface area contributed by atoms with E-state index in [2.05, 4.69) is 26.1 Å². The lowest BCUT2D eigenvalue weighted by atomic mass is 9.72. The van der Waals surface area contributed by atoms with Gasteiger partial charge in [0, 0.05) is 29.6 Å². The van der Waals surface area contributed by atoms with Gasteiger partial charge in [0.1, 0.15) is 11.8 Å². The summed E-state index contributed by atoms with van der Waals surface area (Å²) in [6.07, 6.45) is 6.47. The van der Waals surface area contributed by atoms with Gasteiger partial charge in [-0.15, -0.1) is 0 Å². The van der Waals surface area contributed by atoms with E-state index in [1.54, 1.807) is 20.8 Å². The topological polar surface area (TPSA) is 179 Å². The number of Topliss-reactive ketones (excluding diaryl/α,β-unsaturated/α-hetero) is 1. The highest BCUT2D eigenvalue weighted by molar-refractivity contribution is 5.84. The van der Waals surface area contributed by atoms with Gasteiger partial charge in [-0.2, -0.15) is 0 Å². The highest BCUT2D eigenvalue weighted by atomic mass is 16.8. The van der Waals surface area contributed by atoms with Crippen molar-refractivity contribution in [3.63, 3.8) is 0 Å². The van der Waals surface area contributed by atoms with Crippen LogP contribution in [0.3, 0.4) is 0 Å². The van der Waals surface area contributed by atoms with Gasteiger partial charge >= 0.3 is 12.1 Å². The van der Waals surface area contributed by atoms with Crippen molar-refractivity contribution < 1.29 is 58.1 Å². The minimum Gasteiger partial charge on any atom is -0.481 e. The number of ketones is 1. The van der Waals surface area contributed by atoms with Gasteiger partial charge in [0.05, 0.1) is 59.3 Å². The first-order valence-corrected chi connectivity index (χ1v) is 23.2. The number of rotatable bonds is 13. The van der Waals surface area contributed by atoms with Crippen LogP contribution in [0.5, 0.6) is 0 Å². The molecule has 0 radical (unpaired) electrons. The van der Waals surface area contributed by atoms with Crippen LogP contribution in [-0.4, -0.2) is 104 Å². The zero-order valence-corrected chi connectivity index (χ0v) is 38.5. The van der Waals surface area contributed by atoms with Crippen LogP contribution < -0.4 is 5.32 Å². The Morgan fingerprint density at radius 1 is 0.900 bits per heavy atom. The standard InChI is InChI=1S/C47H77NO12/c1-13-32(40(51)52)34-17-16-28(7)45(57-34)25-42(45,11)39(50)30(9)37(49)33(14-2)38-27(6)24-29(8)46(58-38)21-18-35(48-41(53)55-26(4)5)47(60-46)23-22-43(12,59-47)36-19-20-44(54,15-3)31(10)56-36/h18,21,26-36,38-39,50,54H,13-17,19-20,22-25H2,1-12H3,(H,48,53)(H,51,52)/t27-,28-,29+,30+,31-,32+,33-,34+,35+,36+,38-,39+,42?,43-,44+,45+,46-,47-/m0/s1. The number of amides is 1. The molecule has 13 heteroatoms. The second kappa shape index (κ2) is 17.1. The SMILES string of the molecule is CC[C@@H](C(=O)[C@@H](C)[C@@H](O)C1(C)C[C@]12O[C@@H]([C@@H](CC)C(=O)O)CC[C@@H]2C)[C@H]1O[C@]2(C=C[C@@H](NC(=O)OC(C)C)[C@]3(CC[C@@](C)([C@H]4CC[C@](O)(CC)[C@H](C)O4)O3)O2)[C@H](C)C[C@@H]1C. The molecule has 1 saturated carbocycles. The first-order valence-electron chi connectivity index (χ1n) is 23.2. The number of carboxylic acids is 1. The molecule has 0 bridgehead atoms. The molecule has 60 heavy (non-hydrogen) atoms. The van der Waals surface area contributed by atoms with Crippen LogP contribution in [0.4, 0.5) is 4.79 Å². The lowest BCUT2D eigenvalue weighted by Crippen LogP contribution is -2.65. The maximum absolute atomic E-state index is 14.8. The number of ether oxygens (including phenoxy) is 6. The van der Waals surface area contributed by atoms with Gasteiger partial charge in [-0.05, 0) is 110 Å². The molecule has 6 rings (SSSR count). The highest BCUT2D eigenvalue weighted by Crippen LogP contribution is 2.68. The fourth-order valence-electron chi connectivity index (χ4n) is 12.1. The maximum Gasteiger partial charge on any atom is 0.408 e. The summed E-state index contributed by atoms with van der Waals surface area (Å²) < 4.78 is 40.2. The Morgan fingerprint density at radius 2 is 1.58 bits per heavy atom. The smallest absolute Gasteiger partial charge is 0.408 e. The molecular weight excluding hydrogens is 771 g/mol. The monoisotopic (exact) mass is 848 g/mol. The molecular formula is C47H77NO12. The average molecular weight is 848 g/mol. The minimum absolute atomic E-state index is 0.0230. The molecule has 5 aliphatic heterocycles. The largest absolute Gasteiger partial charge is 0.481 e. The zero-order chi connectivity index (χ0) is 44.4. The lowest BCUT2D eigenvalue weighted by molar-refractivity contribution is -0.398. The van der Waals surface area contributed by atoms with Crippen molar-refractivity contribution in [2.45, 2.75) is 225 Å². The van der Waals surface area contributed by atoms with E-state index in [1.165, 1.54) is 0 Å². The normalized spacial score (nSPS) is 46.0. The fraction of sp³-hybridized carbons (Fsp3) is 0.894. The van der Waals surface area contributed by atoms with Gasteiger partial charge < -0.3 is 49.1 Å². The van der Waals surface area contributed by atoms with Crippen LogP contribution in [-0.2, 0) is 38.0 Å². The Morgan fingerprint density at radius 3 is 2.18 bits per heavy atom. The summed E-state index contributed by atoms with van der Waals surface area (Å²) in [4.78, 5) is 40.0. The summed E-state index contributed by atoms with van der Waals surface area (Å²) in [5.74, 6) is -5.60. The van der Waals surface area contributed by atoms with E-state index in [9.17, 15) is 29.7 Å². The van der Waals surface area contributed by atoms with Crippen LogP contribution >= 0.6 is 0 Å². The van der Waals surface area contributed by atoms with Crippen LogP contribution in [0.2, 0.25) is 0 Å². The molecule has 342 valence electrons. The van der Waals surface area contributed by atoms with Gasteiger partial charge in [-0.1, -0.05) is 61.5 Å². The second-order valence-electron chi connectivity index (χ2n) is 20.6. The molecule has 18 atom stereocenters. The van der Waals surface area contributed by atoms with E-state index >= 15 is 0 Å². The van der Waals surface area contributed by atoms with Crippen molar-refractivity contribution in [2.75, 3.05) is 0 Å². The number of carboxylic acid groups (broad SMARTS) is 1. The van der Waals surface area contributed by atoms with Crippen molar-refractivity contribution in [1.82, 2.24) is 5.32 Å². The molecule has 6 aliphatic rings. The number of hydrogen-bond donors (Lipinski definition) is 4. The first kappa shape index (κ1) is 47.4. The third-order valence-corrected chi connectivity index (χ3v) is 16.4. The molecule has 1 amide bonds. The number of alkyl carbamates (subject to hydrolysis) is 1. The van der Waals surface area contributed by atoms with Crippen molar-refractivity contribution in [2.24, 2.45) is 40.9 Å². The maximum atomic E-state index is 14.8. The molecule has 4 saturated heterocycles. The van der Waals surface area contributed by atoms with Gasteiger partial charge in [0.2, 0.25) is 0 Å². The molecule has 1 aliphatic carbocycles. The highest BCUT2D eigenvalue weighted by Gasteiger charge is 2.74. The summed E-state index contributed by atoms with van der Waals surface area (Å²) in [7, 11) is 0. The predicted molar refractivity (Wildman–Crippen MR) is 224 cm³/mol. The first-order chi connectivity index (χ1) is 28.0. The molecule has 1 unspecified atom stereocenters. The van der Waals surface area contributed by atoms with E-state index in [1.807, 2.05) is 53.7 Å². The van der Waals surface area contributed by atoms with Gasteiger partial charge in [0.25, 0.3) is 0 Å². The van der Waals surface area contributed by atoms with Crippen LogP contribution in [0, 0.1) is 40.9 Å². The van der Waals surface area contributed by atoms with Crippen LogP contribution in [0.25, 0.3) is 0 Å². The van der Waals surface area contributed by atoms with Gasteiger partial charge in [-0.3, -0.25) is 9.59 Å². The van der Waals surface area contributed by atoms with E-state index in [-0.39, 0.29) is 35.7 Å². The number of carbonyl (C=O) groups is 3. The number of carbonyl (C=O) groups excluding carboxylic acids is 2. The molecule has 5 fully saturated rings. The van der Waals surface area contributed by atoms with E-state index < -0.39 is 94.1 Å². The third kappa shape index (κ3) is 8.13. The summed E-state index contributed by atoms with van der Waals surface area (Å²) in [5, 5.41) is 36.3. The van der Waals surface area contributed by atoms with Crippen molar-refractivity contribution in [3.8, 4) is 0 Å². The van der Waals surface area contributed by atoms with E-state index in [0.29, 0.717) is 64.2 Å². The van der Waals surface area contributed by atoms with E-state index in [0.717, 1.165) is 6.42 Å². The molecule has 5 heterocycles. The number of aliphatic hydroxyl groups excluding tert-OH is 1. The van der Waals surface area contributed by atoms with Gasteiger partial charge in [-0.25, -0.2) is 4.79 Å². The Hall–Kier alpha value is -2.13. The van der Waals surface area contributed by atoms with Gasteiger partial charge in [0.15, 0.2) is 11.6 Å². The molecule has 0 aromatic heterocycles. The van der Waals surface area contributed by atoms with Crippen molar-refractivity contribution in [1.29, 1.82) is 0 Å². The number of aliphatic carboxylic acids is 1. The second-order valence-corrected chi connectivity index (χ2v) is 20.6. The van der Waals surface area contributed by atoms with Crippen molar-refractivity contribution in [3.05, 3.63) is 12.2 Å². The third-order valence-electron chi connectivity index (χ3n) is 16.4. The number of aliphatic hydroxyl groups is 2. The average Bonchev–Trinajstić information content (AvgIpc) is 3.64. The molecule has 0 aromatic rings. The van der Waals surface area contributed by atoms with E-state index in [4.69, 9.17) is 28.4 Å². The Balaban J connectivity index is 1.24. The quantitative estimate of drug-likeness (QED) is 0.135. The molecule has 4 N–H and O–H groups in total.